The van der Waals surface area contributed by atoms with Gasteiger partial charge in [0.05, 0.1) is 0 Å². The van der Waals surface area contributed by atoms with E-state index in [1.165, 1.54) is 30.9 Å². The van der Waals surface area contributed by atoms with E-state index in [1.54, 1.807) is 0 Å². The molecule has 1 heterocycles. The van der Waals surface area contributed by atoms with Crippen molar-refractivity contribution in [2.24, 2.45) is 11.8 Å². The summed E-state index contributed by atoms with van der Waals surface area (Å²) in [5.74, 6) is 1.65. The highest BCUT2D eigenvalue weighted by atomic mass is 15.1. The third-order valence-electron chi connectivity index (χ3n) is 3.91. The molecule has 1 aliphatic rings. The van der Waals surface area contributed by atoms with E-state index in [-0.39, 0.29) is 0 Å². The van der Waals surface area contributed by atoms with Gasteiger partial charge in [-0.2, -0.15) is 0 Å². The molecule has 0 aliphatic carbocycles. The SMILES string of the molecule is CCN(CC(C)C1CNC1)c1ccc(C)cc1. The molecule has 1 unspecified atom stereocenters. The van der Waals surface area contributed by atoms with E-state index in [0.29, 0.717) is 0 Å². The van der Waals surface area contributed by atoms with E-state index in [9.17, 15) is 0 Å². The van der Waals surface area contributed by atoms with Gasteiger partial charge in [0.15, 0.2) is 0 Å². The second-order valence-electron chi connectivity index (χ2n) is 5.27. The van der Waals surface area contributed by atoms with Crippen LogP contribution in [-0.4, -0.2) is 26.2 Å². The number of hydrogen-bond donors (Lipinski definition) is 1. The Hall–Kier alpha value is -1.02. The zero-order chi connectivity index (χ0) is 12.3. The fourth-order valence-electron chi connectivity index (χ4n) is 2.38. The van der Waals surface area contributed by atoms with Crippen LogP contribution in [0, 0.1) is 18.8 Å². The molecule has 0 bridgehead atoms. The van der Waals surface area contributed by atoms with Crippen LogP contribution in [0.25, 0.3) is 0 Å². The van der Waals surface area contributed by atoms with E-state index in [1.807, 2.05) is 0 Å². The van der Waals surface area contributed by atoms with E-state index in [0.717, 1.165) is 18.4 Å². The summed E-state index contributed by atoms with van der Waals surface area (Å²) in [5, 5.41) is 3.36. The van der Waals surface area contributed by atoms with Gasteiger partial charge >= 0.3 is 0 Å². The first-order valence-corrected chi connectivity index (χ1v) is 6.73. The second kappa shape index (κ2) is 5.54. The van der Waals surface area contributed by atoms with Crippen molar-refractivity contribution in [3.63, 3.8) is 0 Å². The Morgan fingerprint density at radius 2 is 1.94 bits per heavy atom. The normalized spacial score (nSPS) is 17.6. The maximum absolute atomic E-state index is 3.36. The summed E-state index contributed by atoms with van der Waals surface area (Å²) >= 11 is 0. The first-order valence-electron chi connectivity index (χ1n) is 6.73. The molecule has 1 saturated heterocycles. The van der Waals surface area contributed by atoms with Gasteiger partial charge in [0.25, 0.3) is 0 Å². The summed E-state index contributed by atoms with van der Waals surface area (Å²) in [7, 11) is 0. The molecular formula is C15H24N2. The van der Waals surface area contributed by atoms with Crippen molar-refractivity contribution in [3.8, 4) is 0 Å². The van der Waals surface area contributed by atoms with Gasteiger partial charge in [-0.1, -0.05) is 24.6 Å². The molecule has 1 N–H and O–H groups in total. The third-order valence-corrected chi connectivity index (χ3v) is 3.91. The average molecular weight is 232 g/mol. The van der Waals surface area contributed by atoms with Crippen LogP contribution in [0.2, 0.25) is 0 Å². The third kappa shape index (κ3) is 3.01. The Morgan fingerprint density at radius 3 is 2.41 bits per heavy atom. The zero-order valence-corrected chi connectivity index (χ0v) is 11.2. The second-order valence-corrected chi connectivity index (χ2v) is 5.27. The number of hydrogen-bond acceptors (Lipinski definition) is 2. The van der Waals surface area contributed by atoms with Crippen molar-refractivity contribution in [1.82, 2.24) is 5.32 Å². The largest absolute Gasteiger partial charge is 0.372 e. The molecule has 0 aromatic heterocycles. The number of rotatable bonds is 5. The van der Waals surface area contributed by atoms with Gasteiger partial charge in [-0.25, -0.2) is 0 Å². The molecule has 1 aromatic carbocycles. The van der Waals surface area contributed by atoms with Crippen molar-refractivity contribution < 1.29 is 0 Å². The topological polar surface area (TPSA) is 15.3 Å². The lowest BCUT2D eigenvalue weighted by molar-refractivity contribution is 0.251. The zero-order valence-electron chi connectivity index (χ0n) is 11.2. The van der Waals surface area contributed by atoms with Gasteiger partial charge < -0.3 is 10.2 Å². The lowest BCUT2D eigenvalue weighted by Gasteiger charge is -2.36. The quantitative estimate of drug-likeness (QED) is 0.839. The molecule has 0 amide bonds. The summed E-state index contributed by atoms with van der Waals surface area (Å²) in [6.07, 6.45) is 0. The summed E-state index contributed by atoms with van der Waals surface area (Å²) in [6, 6.07) is 8.89. The van der Waals surface area contributed by atoms with Crippen LogP contribution in [0.3, 0.4) is 0 Å². The maximum atomic E-state index is 3.36. The van der Waals surface area contributed by atoms with Crippen LogP contribution in [0.4, 0.5) is 5.69 Å². The average Bonchev–Trinajstić information content (AvgIpc) is 2.25. The fraction of sp³-hybridized carbons (Fsp3) is 0.600. The molecule has 2 nitrogen and oxygen atoms in total. The highest BCUT2D eigenvalue weighted by Gasteiger charge is 2.24. The van der Waals surface area contributed by atoms with E-state index in [2.05, 4.69) is 55.3 Å². The van der Waals surface area contributed by atoms with Gasteiger partial charge in [0.2, 0.25) is 0 Å². The number of benzene rings is 1. The highest BCUT2D eigenvalue weighted by molar-refractivity contribution is 5.47. The lowest BCUT2D eigenvalue weighted by atomic mass is 9.88. The van der Waals surface area contributed by atoms with Gasteiger partial charge in [0.1, 0.15) is 0 Å². The predicted molar refractivity (Wildman–Crippen MR) is 74.6 cm³/mol. The Bertz CT molecular complexity index is 340. The highest BCUT2D eigenvalue weighted by Crippen LogP contribution is 2.21. The van der Waals surface area contributed by atoms with E-state index in [4.69, 9.17) is 0 Å². The monoisotopic (exact) mass is 232 g/mol. The van der Waals surface area contributed by atoms with Crippen molar-refractivity contribution in [2.45, 2.75) is 20.8 Å². The standard InChI is InChI=1S/C15H24N2/c1-4-17(11-13(3)14-9-16-10-14)15-7-5-12(2)6-8-15/h5-8,13-14,16H,4,9-11H2,1-3H3. The number of aryl methyl sites for hydroxylation is 1. The molecule has 2 heteroatoms. The van der Waals surface area contributed by atoms with Gasteiger partial charge in [-0.05, 0) is 50.9 Å². The van der Waals surface area contributed by atoms with Crippen LogP contribution in [0.1, 0.15) is 19.4 Å². The molecule has 0 radical (unpaired) electrons. The minimum atomic E-state index is 0.775. The maximum Gasteiger partial charge on any atom is 0.0366 e. The van der Waals surface area contributed by atoms with Crippen LogP contribution < -0.4 is 10.2 Å². The smallest absolute Gasteiger partial charge is 0.0366 e. The summed E-state index contributed by atoms with van der Waals surface area (Å²) in [5.41, 5.74) is 2.69. The summed E-state index contributed by atoms with van der Waals surface area (Å²) in [4.78, 5) is 2.49. The van der Waals surface area contributed by atoms with E-state index < -0.39 is 0 Å². The summed E-state index contributed by atoms with van der Waals surface area (Å²) < 4.78 is 0. The molecule has 0 saturated carbocycles. The Labute approximate surface area is 105 Å². The Kier molecular flexibility index (Phi) is 4.06. The molecule has 94 valence electrons. The van der Waals surface area contributed by atoms with Crippen molar-refractivity contribution in [1.29, 1.82) is 0 Å². The molecule has 17 heavy (non-hydrogen) atoms. The van der Waals surface area contributed by atoms with Crippen LogP contribution in [-0.2, 0) is 0 Å². The first-order chi connectivity index (χ1) is 8.20. The van der Waals surface area contributed by atoms with Gasteiger partial charge in [-0.15, -0.1) is 0 Å². The van der Waals surface area contributed by atoms with Gasteiger partial charge in [-0.3, -0.25) is 0 Å². The van der Waals surface area contributed by atoms with Crippen molar-refractivity contribution >= 4 is 5.69 Å². The Balaban J connectivity index is 1.97. The minimum absolute atomic E-state index is 0.775. The van der Waals surface area contributed by atoms with Crippen LogP contribution in [0.15, 0.2) is 24.3 Å². The van der Waals surface area contributed by atoms with Crippen molar-refractivity contribution in [3.05, 3.63) is 29.8 Å². The minimum Gasteiger partial charge on any atom is -0.372 e. The van der Waals surface area contributed by atoms with Gasteiger partial charge in [0, 0.05) is 18.8 Å². The number of anilines is 1. The molecular weight excluding hydrogens is 208 g/mol. The molecule has 1 fully saturated rings. The number of nitrogens with one attached hydrogen (secondary N) is 1. The molecule has 1 atom stereocenters. The van der Waals surface area contributed by atoms with Crippen LogP contribution in [0.5, 0.6) is 0 Å². The molecule has 1 aliphatic heterocycles. The predicted octanol–water partition coefficient (Wildman–Crippen LogP) is 2.68. The Morgan fingerprint density at radius 1 is 1.29 bits per heavy atom. The molecule has 2 rings (SSSR count). The van der Waals surface area contributed by atoms with Crippen molar-refractivity contribution in [2.75, 3.05) is 31.1 Å². The molecule has 0 spiro atoms. The number of nitrogens with zero attached hydrogens (tertiary/aromatic N) is 1. The fourth-order valence-corrected chi connectivity index (χ4v) is 2.38. The molecule has 1 aromatic rings. The first kappa shape index (κ1) is 12.4. The van der Waals surface area contributed by atoms with E-state index >= 15 is 0 Å². The lowest BCUT2D eigenvalue weighted by Crippen LogP contribution is -2.48. The summed E-state index contributed by atoms with van der Waals surface area (Å²) in [6.45, 7) is 11.4. The van der Waals surface area contributed by atoms with Crippen LogP contribution >= 0.6 is 0 Å².